The summed E-state index contributed by atoms with van der Waals surface area (Å²) in [6.45, 7) is 2.06. The minimum absolute atomic E-state index is 0.180. The minimum atomic E-state index is -0.430. The van der Waals surface area contributed by atoms with Gasteiger partial charge in [-0.1, -0.05) is 67.6 Å². The first-order valence-electron chi connectivity index (χ1n) is 13.8. The van der Waals surface area contributed by atoms with Gasteiger partial charge in [-0.2, -0.15) is 0 Å². The van der Waals surface area contributed by atoms with E-state index in [9.17, 15) is 19.2 Å². The lowest BCUT2D eigenvalue weighted by Crippen LogP contribution is -2.29. The van der Waals surface area contributed by atoms with Crippen molar-refractivity contribution < 1.29 is 28.7 Å². The molecule has 0 aliphatic carbocycles. The van der Waals surface area contributed by atoms with E-state index in [1.807, 2.05) is 48.5 Å². The first-order valence-corrected chi connectivity index (χ1v) is 13.8. The molecular weight excluding hydrogens is 544 g/mol. The van der Waals surface area contributed by atoms with Gasteiger partial charge in [-0.25, -0.2) is 9.80 Å². The molecule has 8 nitrogen and oxygen atoms in total. The number of ether oxygens (including phenoxy) is 2. The molecule has 2 aliphatic heterocycles. The fraction of sp³-hybridized carbons (Fsp3) is 0.0857. The van der Waals surface area contributed by atoms with E-state index in [0.29, 0.717) is 40.8 Å². The van der Waals surface area contributed by atoms with Crippen molar-refractivity contribution in [1.29, 1.82) is 0 Å². The van der Waals surface area contributed by atoms with Gasteiger partial charge >= 0.3 is 0 Å². The molecule has 0 spiro atoms. The van der Waals surface area contributed by atoms with Crippen LogP contribution >= 0.6 is 0 Å². The maximum Gasteiger partial charge on any atom is 0.258 e. The van der Waals surface area contributed by atoms with Gasteiger partial charge in [-0.05, 0) is 42.8 Å². The number of nitrogens with zero attached hydrogens (tertiary/aromatic N) is 2. The van der Waals surface area contributed by atoms with Crippen LogP contribution in [0.15, 0.2) is 121 Å². The first-order chi connectivity index (χ1) is 21.0. The highest BCUT2D eigenvalue weighted by atomic mass is 16.5. The maximum atomic E-state index is 12.4. The van der Waals surface area contributed by atoms with Gasteiger partial charge in [-0.15, -0.1) is 0 Å². The number of carbonyl (C=O) groups is 4. The smallest absolute Gasteiger partial charge is 0.258 e. The van der Waals surface area contributed by atoms with E-state index in [1.165, 1.54) is 24.3 Å². The molecule has 0 atom stereocenters. The van der Waals surface area contributed by atoms with Crippen molar-refractivity contribution in [2.45, 2.75) is 19.3 Å². The highest BCUT2D eigenvalue weighted by Gasteiger charge is 2.30. The predicted molar refractivity (Wildman–Crippen MR) is 161 cm³/mol. The Morgan fingerprint density at radius 1 is 0.488 bits per heavy atom. The number of rotatable bonds is 9. The molecule has 0 unspecified atom stereocenters. The van der Waals surface area contributed by atoms with Gasteiger partial charge in [-0.3, -0.25) is 19.2 Å². The number of hydrogen-bond acceptors (Lipinski definition) is 6. The van der Waals surface area contributed by atoms with Crippen molar-refractivity contribution in [3.05, 3.63) is 132 Å². The van der Waals surface area contributed by atoms with Crippen LogP contribution < -0.4 is 19.3 Å². The van der Waals surface area contributed by atoms with Crippen LogP contribution in [0.2, 0.25) is 0 Å². The summed E-state index contributed by atoms with van der Waals surface area (Å²) in [5, 5.41) is 0. The Balaban J connectivity index is 1.36. The van der Waals surface area contributed by atoms with E-state index in [1.54, 1.807) is 48.5 Å². The van der Waals surface area contributed by atoms with Crippen molar-refractivity contribution >= 4 is 35.0 Å². The molecule has 0 saturated carbocycles. The molecular formula is C35H26N2O6. The third-order valence-electron chi connectivity index (χ3n) is 7.27. The summed E-state index contributed by atoms with van der Waals surface area (Å²) < 4.78 is 12.8. The van der Waals surface area contributed by atoms with Crippen molar-refractivity contribution in [3.63, 3.8) is 0 Å². The normalized spacial score (nSPS) is 14.4. The van der Waals surface area contributed by atoms with E-state index >= 15 is 0 Å². The van der Waals surface area contributed by atoms with Crippen LogP contribution in [0.5, 0.6) is 23.0 Å². The second-order valence-electron chi connectivity index (χ2n) is 9.87. The van der Waals surface area contributed by atoms with E-state index < -0.39 is 23.6 Å². The summed E-state index contributed by atoms with van der Waals surface area (Å²) in [4.78, 5) is 51.9. The van der Waals surface area contributed by atoms with Crippen LogP contribution in [0.4, 0.5) is 11.4 Å². The molecule has 4 aromatic rings. The van der Waals surface area contributed by atoms with Crippen molar-refractivity contribution in [2.24, 2.45) is 0 Å². The van der Waals surface area contributed by atoms with Crippen LogP contribution in [-0.2, 0) is 19.2 Å². The van der Waals surface area contributed by atoms with E-state index in [-0.39, 0.29) is 5.92 Å². The number of hydrogen-bond donors (Lipinski definition) is 0. The van der Waals surface area contributed by atoms with Crippen LogP contribution in [-0.4, -0.2) is 23.6 Å². The second-order valence-corrected chi connectivity index (χ2v) is 9.87. The van der Waals surface area contributed by atoms with Gasteiger partial charge in [0.05, 0.1) is 11.4 Å². The Kier molecular flexibility index (Phi) is 7.41. The van der Waals surface area contributed by atoms with Crippen LogP contribution in [0.1, 0.15) is 30.4 Å². The number of benzene rings is 4. The SMILES string of the molecule is CCC(c1ccccc1Oc1ccccc1N1C(=O)C=CC1=O)c1ccccc1Oc1ccccc1N1C(=O)C=CC1=O. The summed E-state index contributed by atoms with van der Waals surface area (Å²) >= 11 is 0. The second kappa shape index (κ2) is 11.6. The molecule has 0 aromatic heterocycles. The highest BCUT2D eigenvalue weighted by molar-refractivity contribution is 6.29. The number of para-hydroxylation sites is 6. The summed E-state index contributed by atoms with van der Waals surface area (Å²) in [7, 11) is 0. The zero-order valence-corrected chi connectivity index (χ0v) is 23.2. The number of imide groups is 2. The molecule has 4 amide bonds. The molecule has 2 heterocycles. The summed E-state index contributed by atoms with van der Waals surface area (Å²) in [6, 6.07) is 29.0. The molecule has 0 saturated heterocycles. The van der Waals surface area contributed by atoms with Gasteiger partial charge < -0.3 is 9.47 Å². The predicted octanol–water partition coefficient (Wildman–Crippen LogP) is 6.67. The lowest BCUT2D eigenvalue weighted by molar-refractivity contribution is -0.121. The van der Waals surface area contributed by atoms with Gasteiger partial charge in [0.1, 0.15) is 11.5 Å². The third-order valence-corrected chi connectivity index (χ3v) is 7.27. The number of amides is 4. The summed E-state index contributed by atoms with van der Waals surface area (Å²) in [5.41, 5.74) is 2.45. The molecule has 0 bridgehead atoms. The molecule has 4 aromatic carbocycles. The summed E-state index contributed by atoms with van der Waals surface area (Å²) in [5.74, 6) is -0.0580. The highest BCUT2D eigenvalue weighted by Crippen LogP contribution is 2.44. The van der Waals surface area contributed by atoms with Gasteiger partial charge in [0, 0.05) is 41.3 Å². The quantitative estimate of drug-likeness (QED) is 0.209. The van der Waals surface area contributed by atoms with Crippen molar-refractivity contribution in [1.82, 2.24) is 0 Å². The lowest BCUT2D eigenvalue weighted by atomic mass is 9.88. The fourth-order valence-corrected chi connectivity index (χ4v) is 5.30. The zero-order valence-electron chi connectivity index (χ0n) is 23.2. The minimum Gasteiger partial charge on any atom is -0.455 e. The maximum absolute atomic E-state index is 12.4. The molecule has 8 heteroatoms. The molecule has 6 rings (SSSR count). The molecule has 2 aliphatic rings. The third kappa shape index (κ3) is 5.22. The van der Waals surface area contributed by atoms with Crippen molar-refractivity contribution in [2.75, 3.05) is 9.80 Å². The van der Waals surface area contributed by atoms with E-state index in [4.69, 9.17) is 9.47 Å². The molecule has 0 radical (unpaired) electrons. The molecule has 43 heavy (non-hydrogen) atoms. The Bertz CT molecular complexity index is 1660. The average Bonchev–Trinajstić information content (AvgIpc) is 3.54. The zero-order chi connectivity index (χ0) is 29.9. The van der Waals surface area contributed by atoms with E-state index in [0.717, 1.165) is 20.9 Å². The number of anilines is 2. The van der Waals surface area contributed by atoms with Gasteiger partial charge in [0.15, 0.2) is 11.5 Å². The Labute approximate surface area is 248 Å². The topological polar surface area (TPSA) is 93.2 Å². The molecule has 0 fully saturated rings. The van der Waals surface area contributed by atoms with Gasteiger partial charge in [0.25, 0.3) is 23.6 Å². The largest absolute Gasteiger partial charge is 0.455 e. The summed E-state index contributed by atoms with van der Waals surface area (Å²) in [6.07, 6.45) is 5.63. The Morgan fingerprint density at radius 2 is 0.814 bits per heavy atom. The van der Waals surface area contributed by atoms with Gasteiger partial charge in [0.2, 0.25) is 0 Å². The van der Waals surface area contributed by atoms with Crippen molar-refractivity contribution in [3.8, 4) is 23.0 Å². The van der Waals surface area contributed by atoms with Crippen LogP contribution in [0.25, 0.3) is 0 Å². The molecule has 0 N–H and O–H groups in total. The molecule has 212 valence electrons. The lowest BCUT2D eigenvalue weighted by Gasteiger charge is -2.24. The standard InChI is InChI=1S/C35H26N2O6/c1-2-23(24-11-3-7-15-28(24)42-30-17-9-5-13-26(30)36-32(38)19-20-33(36)39)25-12-4-8-16-29(25)43-31-18-10-6-14-27(31)37-34(40)21-22-35(37)41/h3-23H,2H2,1H3. The monoisotopic (exact) mass is 570 g/mol. The van der Waals surface area contributed by atoms with Crippen LogP contribution in [0, 0.1) is 0 Å². The first kappa shape index (κ1) is 27.4. The fourth-order valence-electron chi connectivity index (χ4n) is 5.30. The van der Waals surface area contributed by atoms with Crippen LogP contribution in [0.3, 0.4) is 0 Å². The Morgan fingerprint density at radius 3 is 1.19 bits per heavy atom. The Hall–Kier alpha value is -5.76. The van der Waals surface area contributed by atoms with E-state index in [2.05, 4.69) is 6.92 Å². The average molecular weight is 571 g/mol. The number of carbonyl (C=O) groups excluding carboxylic acids is 4.